The Morgan fingerprint density at radius 2 is 2.09 bits per heavy atom. The normalized spacial score (nSPS) is 18.9. The van der Waals surface area contributed by atoms with Crippen LogP contribution in [0.5, 0.6) is 5.75 Å². The van der Waals surface area contributed by atoms with E-state index in [0.717, 1.165) is 31.8 Å². The Labute approximate surface area is 132 Å². The highest BCUT2D eigenvalue weighted by Crippen LogP contribution is 2.24. The molecule has 4 nitrogen and oxygen atoms in total. The van der Waals surface area contributed by atoms with E-state index in [-0.39, 0.29) is 5.91 Å². The van der Waals surface area contributed by atoms with Crippen LogP contribution in [0.4, 0.5) is 0 Å². The summed E-state index contributed by atoms with van der Waals surface area (Å²) in [6.07, 6.45) is 6.60. The van der Waals surface area contributed by atoms with Crippen molar-refractivity contribution < 1.29 is 9.53 Å². The van der Waals surface area contributed by atoms with Crippen LogP contribution in [0.3, 0.4) is 0 Å². The molecule has 22 heavy (non-hydrogen) atoms. The van der Waals surface area contributed by atoms with E-state index in [1.165, 1.54) is 31.2 Å². The molecule has 1 amide bonds. The first kappa shape index (κ1) is 15.3. The lowest BCUT2D eigenvalue weighted by Gasteiger charge is -2.27. The summed E-state index contributed by atoms with van der Waals surface area (Å²) < 4.78 is 6.02. The van der Waals surface area contributed by atoms with Crippen LogP contribution in [-0.4, -0.2) is 31.6 Å². The standard InChI is InChI=1S/C18H26N2O2/c21-18(20-13-15-11-19-12-15)9-8-14-4-3-7-17(10-14)22-16-5-1-2-6-16/h3-4,7,10,15-16,19H,1-2,5-6,8-9,11-13H2,(H,20,21). The maximum Gasteiger partial charge on any atom is 0.220 e. The second kappa shape index (κ2) is 7.63. The third-order valence-electron chi connectivity index (χ3n) is 4.60. The van der Waals surface area contributed by atoms with Crippen LogP contribution in [0.15, 0.2) is 24.3 Å². The van der Waals surface area contributed by atoms with Crippen molar-refractivity contribution >= 4 is 5.91 Å². The molecule has 3 rings (SSSR count). The highest BCUT2D eigenvalue weighted by atomic mass is 16.5. The summed E-state index contributed by atoms with van der Waals surface area (Å²) in [6, 6.07) is 8.20. The number of nitrogens with one attached hydrogen (secondary N) is 2. The molecular weight excluding hydrogens is 276 g/mol. The minimum absolute atomic E-state index is 0.147. The summed E-state index contributed by atoms with van der Waals surface area (Å²) >= 11 is 0. The number of carbonyl (C=O) groups is 1. The number of rotatable bonds is 7. The van der Waals surface area contributed by atoms with Crippen molar-refractivity contribution in [3.63, 3.8) is 0 Å². The van der Waals surface area contributed by atoms with E-state index in [0.29, 0.717) is 18.4 Å². The number of benzene rings is 1. The second-order valence-corrected chi connectivity index (χ2v) is 6.50. The maximum absolute atomic E-state index is 11.9. The molecule has 1 aromatic carbocycles. The van der Waals surface area contributed by atoms with Crippen molar-refractivity contribution in [2.24, 2.45) is 5.92 Å². The number of carbonyl (C=O) groups excluding carboxylic acids is 1. The smallest absolute Gasteiger partial charge is 0.220 e. The molecule has 1 aromatic rings. The van der Waals surface area contributed by atoms with Gasteiger partial charge in [0.1, 0.15) is 5.75 Å². The fourth-order valence-electron chi connectivity index (χ4n) is 3.07. The van der Waals surface area contributed by atoms with Gasteiger partial charge in [0, 0.05) is 32.0 Å². The van der Waals surface area contributed by atoms with Gasteiger partial charge < -0.3 is 15.4 Å². The molecule has 1 heterocycles. The van der Waals surface area contributed by atoms with Gasteiger partial charge in [-0.05, 0) is 49.8 Å². The van der Waals surface area contributed by atoms with Crippen molar-refractivity contribution in [2.75, 3.05) is 19.6 Å². The van der Waals surface area contributed by atoms with Gasteiger partial charge in [-0.1, -0.05) is 12.1 Å². The summed E-state index contributed by atoms with van der Waals surface area (Å²) in [4.78, 5) is 11.9. The molecule has 2 fully saturated rings. The number of ether oxygens (including phenoxy) is 1. The van der Waals surface area contributed by atoms with Crippen molar-refractivity contribution in [2.45, 2.75) is 44.6 Å². The van der Waals surface area contributed by atoms with Crippen LogP contribution in [0.25, 0.3) is 0 Å². The lowest BCUT2D eigenvalue weighted by molar-refractivity contribution is -0.121. The van der Waals surface area contributed by atoms with Crippen molar-refractivity contribution in [3.05, 3.63) is 29.8 Å². The van der Waals surface area contributed by atoms with E-state index >= 15 is 0 Å². The molecule has 1 saturated carbocycles. The third-order valence-corrected chi connectivity index (χ3v) is 4.60. The average Bonchev–Trinajstić information content (AvgIpc) is 2.97. The quantitative estimate of drug-likeness (QED) is 0.812. The van der Waals surface area contributed by atoms with Gasteiger partial charge in [-0.2, -0.15) is 0 Å². The predicted octanol–water partition coefficient (Wildman–Crippen LogP) is 2.28. The van der Waals surface area contributed by atoms with Gasteiger partial charge in [-0.25, -0.2) is 0 Å². The molecule has 120 valence electrons. The van der Waals surface area contributed by atoms with Crippen LogP contribution >= 0.6 is 0 Å². The van der Waals surface area contributed by atoms with Gasteiger partial charge >= 0.3 is 0 Å². The highest BCUT2D eigenvalue weighted by molar-refractivity contribution is 5.76. The maximum atomic E-state index is 11.9. The van der Waals surface area contributed by atoms with Gasteiger partial charge in [-0.3, -0.25) is 4.79 Å². The van der Waals surface area contributed by atoms with Crippen LogP contribution in [-0.2, 0) is 11.2 Å². The molecule has 0 bridgehead atoms. The first-order valence-electron chi connectivity index (χ1n) is 8.52. The Balaban J connectivity index is 1.42. The van der Waals surface area contributed by atoms with Crippen LogP contribution < -0.4 is 15.4 Å². The van der Waals surface area contributed by atoms with E-state index in [1.54, 1.807) is 0 Å². The van der Waals surface area contributed by atoms with Gasteiger partial charge in [0.05, 0.1) is 6.10 Å². The largest absolute Gasteiger partial charge is 0.490 e. The zero-order valence-electron chi connectivity index (χ0n) is 13.1. The Bertz CT molecular complexity index is 494. The first-order valence-corrected chi connectivity index (χ1v) is 8.52. The molecule has 2 aliphatic rings. The number of hydrogen-bond acceptors (Lipinski definition) is 3. The minimum Gasteiger partial charge on any atom is -0.490 e. The number of aryl methyl sites for hydroxylation is 1. The lowest BCUT2D eigenvalue weighted by atomic mass is 10.0. The fraction of sp³-hybridized carbons (Fsp3) is 0.611. The molecule has 1 saturated heterocycles. The number of hydrogen-bond donors (Lipinski definition) is 2. The van der Waals surface area contributed by atoms with E-state index in [9.17, 15) is 4.79 Å². The molecule has 0 atom stereocenters. The van der Waals surface area contributed by atoms with Gasteiger partial charge in [0.2, 0.25) is 5.91 Å². The average molecular weight is 302 g/mol. The summed E-state index contributed by atoms with van der Waals surface area (Å²) in [5.74, 6) is 1.71. The van der Waals surface area contributed by atoms with Gasteiger partial charge in [0.15, 0.2) is 0 Å². The fourth-order valence-corrected chi connectivity index (χ4v) is 3.07. The lowest BCUT2D eigenvalue weighted by Crippen LogP contribution is -2.48. The molecular formula is C18H26N2O2. The summed E-state index contributed by atoms with van der Waals surface area (Å²) in [7, 11) is 0. The molecule has 1 aliphatic heterocycles. The zero-order chi connectivity index (χ0) is 15.2. The molecule has 0 aromatic heterocycles. The van der Waals surface area contributed by atoms with Crippen molar-refractivity contribution in [3.8, 4) is 5.75 Å². The van der Waals surface area contributed by atoms with Gasteiger partial charge in [-0.15, -0.1) is 0 Å². The summed E-state index contributed by atoms with van der Waals surface area (Å²) in [5, 5.41) is 6.23. The Hall–Kier alpha value is -1.55. The molecule has 0 radical (unpaired) electrons. The van der Waals surface area contributed by atoms with Crippen molar-refractivity contribution in [1.29, 1.82) is 0 Å². The Morgan fingerprint density at radius 3 is 2.82 bits per heavy atom. The van der Waals surface area contributed by atoms with Gasteiger partial charge in [0.25, 0.3) is 0 Å². The van der Waals surface area contributed by atoms with E-state index in [1.807, 2.05) is 12.1 Å². The predicted molar refractivity (Wildman–Crippen MR) is 87.0 cm³/mol. The minimum atomic E-state index is 0.147. The molecule has 4 heteroatoms. The Morgan fingerprint density at radius 1 is 1.27 bits per heavy atom. The second-order valence-electron chi connectivity index (χ2n) is 6.50. The van der Waals surface area contributed by atoms with Crippen LogP contribution in [0, 0.1) is 5.92 Å². The van der Waals surface area contributed by atoms with Crippen LogP contribution in [0.1, 0.15) is 37.7 Å². The van der Waals surface area contributed by atoms with E-state index in [4.69, 9.17) is 4.74 Å². The zero-order valence-corrected chi connectivity index (χ0v) is 13.1. The molecule has 1 aliphatic carbocycles. The molecule has 2 N–H and O–H groups in total. The number of amides is 1. The van der Waals surface area contributed by atoms with E-state index < -0.39 is 0 Å². The highest BCUT2D eigenvalue weighted by Gasteiger charge is 2.17. The van der Waals surface area contributed by atoms with Crippen molar-refractivity contribution in [1.82, 2.24) is 10.6 Å². The first-order chi connectivity index (χ1) is 10.8. The monoisotopic (exact) mass is 302 g/mol. The topological polar surface area (TPSA) is 50.4 Å². The summed E-state index contributed by atoms with van der Waals surface area (Å²) in [5.41, 5.74) is 1.18. The SMILES string of the molecule is O=C(CCc1cccc(OC2CCCC2)c1)NCC1CNC1. The summed E-state index contributed by atoms with van der Waals surface area (Å²) in [6.45, 7) is 2.86. The molecule has 0 spiro atoms. The Kier molecular flexibility index (Phi) is 5.33. The van der Waals surface area contributed by atoms with E-state index in [2.05, 4.69) is 22.8 Å². The van der Waals surface area contributed by atoms with Crippen LogP contribution in [0.2, 0.25) is 0 Å². The third kappa shape index (κ3) is 4.47. The molecule has 0 unspecified atom stereocenters.